The smallest absolute Gasteiger partial charge is 0.355 e. The Labute approximate surface area is 423 Å². The average molecular weight is 993 g/mol. The van der Waals surface area contributed by atoms with Crippen LogP contribution < -0.4 is 10.6 Å². The molecule has 5 fully saturated rings. The number of hydrogen-bond acceptors (Lipinski definition) is 11. The van der Waals surface area contributed by atoms with Crippen molar-refractivity contribution in [2.75, 3.05) is 33.3 Å². The van der Waals surface area contributed by atoms with Gasteiger partial charge in [0.05, 0.1) is 46.6 Å². The predicted octanol–water partition coefficient (Wildman–Crippen LogP) is 8.38. The van der Waals surface area contributed by atoms with Crippen LogP contribution in [0.3, 0.4) is 0 Å². The van der Waals surface area contributed by atoms with E-state index in [0.717, 1.165) is 97.5 Å². The number of thiazole rings is 1. The van der Waals surface area contributed by atoms with Gasteiger partial charge in [0.15, 0.2) is 5.69 Å². The van der Waals surface area contributed by atoms with E-state index in [-0.39, 0.29) is 70.7 Å². The molecule has 0 spiro atoms. The van der Waals surface area contributed by atoms with Gasteiger partial charge in [-0.25, -0.2) is 14.8 Å². The molecule has 4 saturated carbocycles. The molecule has 0 radical (unpaired) electrons. The SMILES string of the molecule is Cc1ncsc1-c1ccc([C@H](C)NC(=O)[C@@H]2C[C@@H](O)CN2C(=O)[C@@H](NC(=O)CCCCCN(C)CCOC23CC4(C)CC(C)(CC(Cn5ncc(-c6cccnc6C(=O)O)c5C)(C4)C2)C3)C(C)(C)C)cc1. The molecule has 4 bridgehead atoms. The van der Waals surface area contributed by atoms with Crippen molar-refractivity contribution in [2.24, 2.45) is 21.7 Å². The van der Waals surface area contributed by atoms with Crippen molar-refractivity contribution in [3.63, 3.8) is 0 Å². The highest BCUT2D eigenvalue weighted by Gasteiger charge is 2.66. The number of rotatable bonds is 20. The highest BCUT2D eigenvalue weighted by Crippen LogP contribution is 2.72. The van der Waals surface area contributed by atoms with Gasteiger partial charge in [-0.2, -0.15) is 5.10 Å². The first-order valence-electron chi connectivity index (χ1n) is 25.6. The van der Waals surface area contributed by atoms with Crippen LogP contribution >= 0.6 is 11.3 Å². The van der Waals surface area contributed by atoms with Crippen LogP contribution in [0, 0.1) is 35.5 Å². The molecule has 1 aliphatic heterocycles. The van der Waals surface area contributed by atoms with Gasteiger partial charge in [0.25, 0.3) is 0 Å². The predicted molar refractivity (Wildman–Crippen MR) is 275 cm³/mol. The normalized spacial score (nSPS) is 26.7. The number of carbonyl (C=O) groups excluding carboxylic acids is 3. The van der Waals surface area contributed by atoms with Crippen LogP contribution in [0.1, 0.15) is 146 Å². The molecule has 2 unspecified atom stereocenters. The maximum atomic E-state index is 14.2. The first kappa shape index (κ1) is 52.3. The lowest BCUT2D eigenvalue weighted by Crippen LogP contribution is -2.64. The van der Waals surface area contributed by atoms with Crippen LogP contribution in [0.4, 0.5) is 0 Å². The fourth-order valence-corrected chi connectivity index (χ4v) is 14.6. The molecule has 4 heterocycles. The number of carboxylic acids is 1. The Morgan fingerprint density at radius 2 is 1.65 bits per heavy atom. The van der Waals surface area contributed by atoms with Crippen molar-refractivity contribution in [2.45, 2.75) is 162 Å². The summed E-state index contributed by atoms with van der Waals surface area (Å²) in [6, 6.07) is 9.54. The number of nitrogens with zero attached hydrogens (tertiary/aromatic N) is 6. The van der Waals surface area contributed by atoms with Gasteiger partial charge in [-0.15, -0.1) is 11.3 Å². The lowest BCUT2D eigenvalue weighted by atomic mass is 9.39. The molecule has 4 aliphatic carbocycles. The molecule has 15 nitrogen and oxygen atoms in total. The number of aromatic nitrogens is 4. The van der Waals surface area contributed by atoms with Gasteiger partial charge in [-0.05, 0) is 125 Å². The maximum absolute atomic E-state index is 14.2. The Morgan fingerprint density at radius 3 is 2.31 bits per heavy atom. The monoisotopic (exact) mass is 993 g/mol. The van der Waals surface area contributed by atoms with Gasteiger partial charge < -0.3 is 35.4 Å². The molecule has 6 atom stereocenters. The van der Waals surface area contributed by atoms with E-state index < -0.39 is 29.6 Å². The highest BCUT2D eigenvalue weighted by molar-refractivity contribution is 7.13. The second-order valence-corrected chi connectivity index (χ2v) is 24.6. The van der Waals surface area contributed by atoms with E-state index in [9.17, 15) is 29.4 Å². The number of ether oxygens (including phenoxy) is 1. The summed E-state index contributed by atoms with van der Waals surface area (Å²) in [6.45, 7) is 19.6. The summed E-state index contributed by atoms with van der Waals surface area (Å²) in [5, 5.41) is 31.5. The molecule has 4 N–H and O–H groups in total. The molecule has 5 aliphatic rings. The average Bonchev–Trinajstić information content (AvgIpc) is 4.00. The molecule has 3 aromatic heterocycles. The minimum Gasteiger partial charge on any atom is -0.476 e. The Morgan fingerprint density at radius 1 is 0.930 bits per heavy atom. The van der Waals surface area contributed by atoms with E-state index in [1.807, 2.05) is 77.4 Å². The zero-order valence-corrected chi connectivity index (χ0v) is 44.2. The van der Waals surface area contributed by atoms with Crippen molar-refractivity contribution in [3.05, 3.63) is 76.9 Å². The number of carbonyl (C=O) groups is 4. The van der Waals surface area contributed by atoms with Crippen molar-refractivity contribution < 1.29 is 34.1 Å². The molecule has 384 valence electrons. The quantitative estimate of drug-likeness (QED) is 0.0622. The summed E-state index contributed by atoms with van der Waals surface area (Å²) in [5.41, 5.74) is 6.72. The number of aromatic carboxylic acids is 1. The largest absolute Gasteiger partial charge is 0.476 e. The molecular formula is C55H76N8O7S. The number of aliphatic hydroxyl groups is 1. The molecule has 71 heavy (non-hydrogen) atoms. The number of amides is 3. The standard InChI is InChI=1S/C55H76N8O7S/c1-35(38-16-18-39(19-17-38)46-36(2)57-34-71-46)59-48(66)43-24-40(64)26-62(43)49(67)47(51(4,5)6)60-44(65)15-11-10-12-21-61(9)22-23-70-55-30-52(7)27-53(8,31-55)29-54(28-52,32-55)33-63-37(3)42(25-58-63)41-14-13-20-56-45(41)50(68)69/h13-14,16-20,25,34-35,40,43,47,64H,10-12,15,21-24,26-33H2,1-9H3,(H,59,66)(H,60,65)(H,68,69)/t35-,40+,43-,47+,52?,53?,54?,55?/m0/s1. The minimum absolute atomic E-state index is 0.0234. The Balaban J connectivity index is 0.788. The summed E-state index contributed by atoms with van der Waals surface area (Å²) in [5.74, 6) is -1.95. The number of likely N-dealkylation sites (N-methyl/N-ethyl adjacent to an activating group) is 1. The fourth-order valence-electron chi connectivity index (χ4n) is 13.8. The van der Waals surface area contributed by atoms with E-state index in [0.29, 0.717) is 18.6 Å². The number of aliphatic hydroxyl groups excluding tert-OH is 1. The van der Waals surface area contributed by atoms with Crippen LogP contribution in [0.5, 0.6) is 0 Å². The fraction of sp³-hybridized carbons (Fsp3) is 0.618. The van der Waals surface area contributed by atoms with E-state index in [4.69, 9.17) is 9.84 Å². The topological polar surface area (TPSA) is 192 Å². The van der Waals surface area contributed by atoms with Gasteiger partial charge in [-0.3, -0.25) is 19.1 Å². The van der Waals surface area contributed by atoms with E-state index in [2.05, 4.69) is 51.1 Å². The number of carboxylic acid groups (broad SMARTS) is 1. The van der Waals surface area contributed by atoms with Crippen molar-refractivity contribution in [1.82, 2.24) is 40.2 Å². The molecule has 9 rings (SSSR count). The number of β-amino-alcohol motifs (C(OH)–C–C–N with tert-alkyl or cyclic N) is 1. The van der Waals surface area contributed by atoms with Crippen LogP contribution in [0.2, 0.25) is 0 Å². The second kappa shape index (κ2) is 20.5. The van der Waals surface area contributed by atoms with Gasteiger partial charge in [-0.1, -0.05) is 71.4 Å². The van der Waals surface area contributed by atoms with E-state index in [1.165, 1.54) is 17.5 Å². The number of unbranched alkanes of at least 4 members (excludes halogenated alkanes) is 2. The lowest BCUT2D eigenvalue weighted by Gasteiger charge is -2.69. The second-order valence-electron chi connectivity index (χ2n) is 23.7. The number of hydrogen-bond donors (Lipinski definition) is 4. The zero-order valence-electron chi connectivity index (χ0n) is 43.3. The molecule has 1 aromatic carbocycles. The lowest BCUT2D eigenvalue weighted by molar-refractivity contribution is -0.248. The summed E-state index contributed by atoms with van der Waals surface area (Å²) in [7, 11) is 2.13. The Bertz CT molecular complexity index is 2570. The summed E-state index contributed by atoms with van der Waals surface area (Å²) in [4.78, 5) is 66.8. The van der Waals surface area contributed by atoms with Gasteiger partial charge >= 0.3 is 5.97 Å². The first-order chi connectivity index (χ1) is 33.5. The van der Waals surface area contributed by atoms with E-state index in [1.54, 1.807) is 23.6 Å². The molecule has 4 aromatic rings. The zero-order chi connectivity index (χ0) is 51.1. The van der Waals surface area contributed by atoms with Gasteiger partial charge in [0, 0.05) is 55.5 Å². The number of aryl methyl sites for hydroxylation is 1. The molecule has 1 saturated heterocycles. The summed E-state index contributed by atoms with van der Waals surface area (Å²) < 4.78 is 9.14. The van der Waals surface area contributed by atoms with Crippen LogP contribution in [-0.4, -0.2) is 121 Å². The maximum Gasteiger partial charge on any atom is 0.355 e. The molecular weight excluding hydrogens is 917 g/mol. The summed E-state index contributed by atoms with van der Waals surface area (Å²) in [6.07, 6.45) is 11.9. The molecule has 3 amide bonds. The van der Waals surface area contributed by atoms with Crippen molar-refractivity contribution in [3.8, 4) is 21.6 Å². The van der Waals surface area contributed by atoms with Crippen LogP contribution in [0.15, 0.2) is 54.3 Å². The van der Waals surface area contributed by atoms with Crippen LogP contribution in [-0.2, 0) is 25.7 Å². The number of nitrogens with one attached hydrogen (secondary N) is 2. The van der Waals surface area contributed by atoms with Crippen molar-refractivity contribution >= 4 is 35.0 Å². The third kappa shape index (κ3) is 11.6. The third-order valence-corrected chi connectivity index (χ3v) is 16.9. The van der Waals surface area contributed by atoms with Crippen molar-refractivity contribution in [1.29, 1.82) is 0 Å². The highest BCUT2D eigenvalue weighted by atomic mass is 32.1. The minimum atomic E-state index is -1.05. The summed E-state index contributed by atoms with van der Waals surface area (Å²) >= 11 is 1.59. The van der Waals surface area contributed by atoms with Crippen LogP contribution in [0.25, 0.3) is 21.6 Å². The first-order valence-corrected chi connectivity index (χ1v) is 26.5. The Hall–Kier alpha value is -5.03. The van der Waals surface area contributed by atoms with E-state index >= 15 is 0 Å². The van der Waals surface area contributed by atoms with Gasteiger partial charge in [0.1, 0.15) is 12.1 Å². The number of benzene rings is 1. The van der Waals surface area contributed by atoms with Gasteiger partial charge in [0.2, 0.25) is 17.7 Å². The third-order valence-electron chi connectivity index (χ3n) is 15.9. The molecule has 16 heteroatoms. The number of likely N-dealkylation sites (tertiary alicyclic amines) is 1. The Kier molecular flexibility index (Phi) is 15.1. The number of pyridine rings is 1.